The van der Waals surface area contributed by atoms with Crippen LogP contribution in [0.3, 0.4) is 0 Å². The van der Waals surface area contributed by atoms with E-state index in [4.69, 9.17) is 0 Å². The van der Waals surface area contributed by atoms with Gasteiger partial charge in [0.05, 0.1) is 10.4 Å². The Morgan fingerprint density at radius 1 is 1.17 bits per heavy atom. The van der Waals surface area contributed by atoms with Gasteiger partial charge < -0.3 is 0 Å². The second-order valence-electron chi connectivity index (χ2n) is 2.14. The van der Waals surface area contributed by atoms with E-state index in [9.17, 15) is 0 Å². The highest BCUT2D eigenvalue weighted by atomic mass is 32.1. The molecule has 0 bridgehead atoms. The second kappa shape index (κ2) is 2.90. The van der Waals surface area contributed by atoms with Crippen LogP contribution in [0.2, 0.25) is 0 Å². The highest BCUT2D eigenvalue weighted by Gasteiger charge is 2.02. The van der Waals surface area contributed by atoms with E-state index in [-0.39, 0.29) is 0 Å². The van der Waals surface area contributed by atoms with Gasteiger partial charge in [-0.15, -0.1) is 31.7 Å². The Labute approximate surface area is 72.5 Å². The first-order chi connectivity index (χ1) is 5.86. The maximum absolute atomic E-state index is 3.90. The largest absolute Gasteiger partial charge is 0.252 e. The van der Waals surface area contributed by atoms with Crippen LogP contribution in [0.4, 0.5) is 0 Å². The van der Waals surface area contributed by atoms with Crippen LogP contribution in [0.25, 0.3) is 10.7 Å². The van der Waals surface area contributed by atoms with Gasteiger partial charge in [-0.2, -0.15) is 0 Å². The van der Waals surface area contributed by atoms with Crippen molar-refractivity contribution in [1.29, 1.82) is 0 Å². The number of aryl methyl sites for hydroxylation is 1. The Balaban J connectivity index is 2.43. The summed E-state index contributed by atoms with van der Waals surface area (Å²) in [4.78, 5) is 4.79. The molecule has 2 aromatic heterocycles. The third-order valence-electron chi connectivity index (χ3n) is 1.23. The zero-order chi connectivity index (χ0) is 8.39. The SMILES string of the molecule is Cc1nnc(-c2cncs2)nn1. The fraction of sp³-hybridized carbons (Fsp3) is 0.167. The number of hydrogen-bond acceptors (Lipinski definition) is 6. The molecule has 60 valence electrons. The van der Waals surface area contributed by atoms with Crippen molar-refractivity contribution in [2.75, 3.05) is 0 Å². The number of rotatable bonds is 1. The quantitative estimate of drug-likeness (QED) is 0.644. The number of thiazole rings is 1. The lowest BCUT2D eigenvalue weighted by atomic mass is 10.5. The molecule has 0 radical (unpaired) electrons. The zero-order valence-electron chi connectivity index (χ0n) is 6.30. The zero-order valence-corrected chi connectivity index (χ0v) is 7.12. The summed E-state index contributed by atoms with van der Waals surface area (Å²) in [5.74, 6) is 1.10. The van der Waals surface area contributed by atoms with Crippen LogP contribution in [0.1, 0.15) is 5.82 Å². The molecule has 0 aliphatic heterocycles. The van der Waals surface area contributed by atoms with Gasteiger partial charge in [0.1, 0.15) is 0 Å². The molecule has 0 atom stereocenters. The van der Waals surface area contributed by atoms with Crippen LogP contribution in [0.5, 0.6) is 0 Å². The van der Waals surface area contributed by atoms with Crippen molar-refractivity contribution in [1.82, 2.24) is 25.4 Å². The molecule has 0 saturated carbocycles. The van der Waals surface area contributed by atoms with Gasteiger partial charge in [-0.25, -0.2) is 0 Å². The monoisotopic (exact) mass is 179 g/mol. The first-order valence-corrected chi connectivity index (χ1v) is 4.17. The molecule has 2 rings (SSSR count). The van der Waals surface area contributed by atoms with Gasteiger partial charge in [0.25, 0.3) is 0 Å². The molecular formula is C6H5N5S. The maximum Gasteiger partial charge on any atom is 0.215 e. The molecule has 0 spiro atoms. The van der Waals surface area contributed by atoms with E-state index in [2.05, 4.69) is 25.4 Å². The van der Waals surface area contributed by atoms with Crippen LogP contribution in [0, 0.1) is 6.92 Å². The van der Waals surface area contributed by atoms with Crippen molar-refractivity contribution >= 4 is 11.3 Å². The molecule has 0 N–H and O–H groups in total. The highest BCUT2D eigenvalue weighted by molar-refractivity contribution is 7.13. The van der Waals surface area contributed by atoms with Crippen LogP contribution < -0.4 is 0 Å². The molecule has 5 nitrogen and oxygen atoms in total. The molecule has 0 unspecified atom stereocenters. The molecule has 0 amide bonds. The van der Waals surface area contributed by atoms with Gasteiger partial charge in [-0.05, 0) is 6.92 Å². The van der Waals surface area contributed by atoms with Crippen LogP contribution in [-0.4, -0.2) is 25.4 Å². The fourth-order valence-electron chi connectivity index (χ4n) is 0.704. The van der Waals surface area contributed by atoms with E-state index >= 15 is 0 Å². The minimum absolute atomic E-state index is 0.531. The summed E-state index contributed by atoms with van der Waals surface area (Å²) in [5.41, 5.74) is 1.72. The van der Waals surface area contributed by atoms with E-state index < -0.39 is 0 Å². The Morgan fingerprint density at radius 3 is 2.50 bits per heavy atom. The molecule has 2 heterocycles. The summed E-state index contributed by atoms with van der Waals surface area (Å²) in [6.45, 7) is 1.75. The summed E-state index contributed by atoms with van der Waals surface area (Å²) in [6, 6.07) is 0. The van der Waals surface area contributed by atoms with E-state index in [0.717, 1.165) is 4.88 Å². The smallest absolute Gasteiger partial charge is 0.215 e. The summed E-state index contributed by atoms with van der Waals surface area (Å²) >= 11 is 1.47. The van der Waals surface area contributed by atoms with Gasteiger partial charge in [-0.3, -0.25) is 4.98 Å². The average Bonchev–Trinajstić information content (AvgIpc) is 2.58. The molecular weight excluding hydrogens is 174 g/mol. The summed E-state index contributed by atoms with van der Waals surface area (Å²) in [5, 5.41) is 15.3. The molecule has 0 aromatic carbocycles. The summed E-state index contributed by atoms with van der Waals surface area (Å²) < 4.78 is 0. The Kier molecular flexibility index (Phi) is 1.75. The lowest BCUT2D eigenvalue weighted by molar-refractivity contribution is 0.818. The fourth-order valence-corrected chi connectivity index (χ4v) is 1.25. The van der Waals surface area contributed by atoms with Crippen molar-refractivity contribution < 1.29 is 0 Å². The first kappa shape index (κ1) is 7.23. The van der Waals surface area contributed by atoms with Gasteiger partial charge in [0.15, 0.2) is 5.82 Å². The summed E-state index contributed by atoms with van der Waals surface area (Å²) in [7, 11) is 0. The topological polar surface area (TPSA) is 64.5 Å². The van der Waals surface area contributed by atoms with Crippen LogP contribution in [0.15, 0.2) is 11.7 Å². The van der Waals surface area contributed by atoms with Gasteiger partial charge in [0.2, 0.25) is 5.82 Å². The van der Waals surface area contributed by atoms with E-state index in [1.165, 1.54) is 11.3 Å². The molecule has 6 heteroatoms. The minimum Gasteiger partial charge on any atom is -0.252 e. The Hall–Kier alpha value is -1.43. The Morgan fingerprint density at radius 2 is 1.92 bits per heavy atom. The molecule has 0 saturated heterocycles. The van der Waals surface area contributed by atoms with E-state index in [0.29, 0.717) is 11.6 Å². The number of nitrogens with zero attached hydrogens (tertiary/aromatic N) is 5. The predicted molar refractivity (Wildman–Crippen MR) is 43.5 cm³/mol. The normalized spacial score (nSPS) is 10.1. The molecule has 12 heavy (non-hydrogen) atoms. The van der Waals surface area contributed by atoms with E-state index in [1.807, 2.05) is 0 Å². The second-order valence-corrected chi connectivity index (χ2v) is 3.02. The van der Waals surface area contributed by atoms with Crippen molar-refractivity contribution in [3.63, 3.8) is 0 Å². The molecule has 0 aliphatic carbocycles. The van der Waals surface area contributed by atoms with Crippen LogP contribution in [-0.2, 0) is 0 Å². The third kappa shape index (κ3) is 1.28. The standard InChI is InChI=1S/C6H5N5S/c1-4-8-10-6(11-9-4)5-2-7-3-12-5/h2-3H,1H3. The van der Waals surface area contributed by atoms with Gasteiger partial charge in [-0.1, -0.05) is 0 Å². The summed E-state index contributed by atoms with van der Waals surface area (Å²) in [6.07, 6.45) is 1.69. The van der Waals surface area contributed by atoms with Crippen molar-refractivity contribution in [3.8, 4) is 10.7 Å². The minimum atomic E-state index is 0.531. The molecule has 2 aromatic rings. The first-order valence-electron chi connectivity index (χ1n) is 3.29. The Bertz CT molecular complexity index is 354. The van der Waals surface area contributed by atoms with Gasteiger partial charge >= 0.3 is 0 Å². The lowest BCUT2D eigenvalue weighted by Crippen LogP contribution is -1.97. The lowest BCUT2D eigenvalue weighted by Gasteiger charge is -1.90. The average molecular weight is 179 g/mol. The molecule has 0 fully saturated rings. The van der Waals surface area contributed by atoms with Crippen molar-refractivity contribution in [2.45, 2.75) is 6.92 Å². The van der Waals surface area contributed by atoms with E-state index in [1.54, 1.807) is 18.6 Å². The highest BCUT2D eigenvalue weighted by Crippen LogP contribution is 2.16. The third-order valence-corrected chi connectivity index (χ3v) is 2.00. The van der Waals surface area contributed by atoms with Gasteiger partial charge in [0, 0.05) is 6.20 Å². The van der Waals surface area contributed by atoms with Crippen molar-refractivity contribution in [2.24, 2.45) is 0 Å². The predicted octanol–water partition coefficient (Wildman–Crippen LogP) is 0.699. The maximum atomic E-state index is 3.90. The molecule has 0 aliphatic rings. The van der Waals surface area contributed by atoms with Crippen molar-refractivity contribution in [3.05, 3.63) is 17.5 Å². The number of aromatic nitrogens is 5. The van der Waals surface area contributed by atoms with Crippen LogP contribution >= 0.6 is 11.3 Å². The number of hydrogen-bond donors (Lipinski definition) is 0.